The molecule has 0 unspecified atom stereocenters. The molecule has 1 heteroatoms. The van der Waals surface area contributed by atoms with Crippen LogP contribution in [-0.4, -0.2) is 6.67 Å². The van der Waals surface area contributed by atoms with Crippen LogP contribution in [0.5, 0.6) is 0 Å². The molecular formula is C30H55F. The Morgan fingerprint density at radius 2 is 0.806 bits per heavy atom. The molecule has 0 bridgehead atoms. The minimum absolute atomic E-state index is 0.0954. The Hall–Kier alpha value is -0.0700. The van der Waals surface area contributed by atoms with Crippen molar-refractivity contribution in [3.8, 4) is 0 Å². The van der Waals surface area contributed by atoms with Crippen LogP contribution in [0.15, 0.2) is 0 Å². The SMILES string of the molecule is CCCCCCCCCCC1CCC(C2CCC(C3CCC(CCF)CC3)CC2)CC1. The summed E-state index contributed by atoms with van der Waals surface area (Å²) in [6, 6.07) is 0. The van der Waals surface area contributed by atoms with E-state index in [1.165, 1.54) is 109 Å². The van der Waals surface area contributed by atoms with E-state index in [4.69, 9.17) is 0 Å². The van der Waals surface area contributed by atoms with Gasteiger partial charge in [0.15, 0.2) is 0 Å². The van der Waals surface area contributed by atoms with E-state index < -0.39 is 0 Å². The maximum Gasteiger partial charge on any atom is 0.0897 e. The van der Waals surface area contributed by atoms with E-state index in [1.807, 2.05) is 0 Å². The average Bonchev–Trinajstić information content (AvgIpc) is 2.82. The lowest BCUT2D eigenvalue weighted by atomic mass is 9.64. The van der Waals surface area contributed by atoms with Crippen molar-refractivity contribution in [1.29, 1.82) is 0 Å². The Kier molecular flexibility index (Phi) is 12.3. The molecule has 0 nitrogen and oxygen atoms in total. The molecule has 0 radical (unpaired) electrons. The number of hydrogen-bond acceptors (Lipinski definition) is 0. The molecule has 3 aliphatic carbocycles. The Balaban J connectivity index is 1.21. The van der Waals surface area contributed by atoms with E-state index in [1.54, 1.807) is 25.7 Å². The van der Waals surface area contributed by atoms with Crippen LogP contribution in [0.3, 0.4) is 0 Å². The van der Waals surface area contributed by atoms with Crippen LogP contribution in [0.4, 0.5) is 4.39 Å². The lowest BCUT2D eigenvalue weighted by molar-refractivity contribution is 0.101. The molecule has 0 saturated heterocycles. The first-order valence-corrected chi connectivity index (χ1v) is 14.9. The van der Waals surface area contributed by atoms with Gasteiger partial charge in [0.1, 0.15) is 0 Å². The second kappa shape index (κ2) is 15.0. The van der Waals surface area contributed by atoms with Gasteiger partial charge < -0.3 is 0 Å². The largest absolute Gasteiger partial charge is 0.251 e. The van der Waals surface area contributed by atoms with Crippen LogP contribution in [0.25, 0.3) is 0 Å². The fraction of sp³-hybridized carbons (Fsp3) is 1.00. The molecule has 0 spiro atoms. The number of halogens is 1. The summed E-state index contributed by atoms with van der Waals surface area (Å²) in [5.41, 5.74) is 0. The van der Waals surface area contributed by atoms with Crippen LogP contribution in [-0.2, 0) is 0 Å². The van der Waals surface area contributed by atoms with Gasteiger partial charge in [0.05, 0.1) is 6.67 Å². The summed E-state index contributed by atoms with van der Waals surface area (Å²) in [6.07, 6.45) is 31.8. The van der Waals surface area contributed by atoms with Gasteiger partial charge in [-0.2, -0.15) is 0 Å². The van der Waals surface area contributed by atoms with Gasteiger partial charge in [-0.3, -0.25) is 4.39 Å². The van der Waals surface area contributed by atoms with Gasteiger partial charge in [-0.1, -0.05) is 90.4 Å². The van der Waals surface area contributed by atoms with Gasteiger partial charge in [0.25, 0.3) is 0 Å². The first-order valence-electron chi connectivity index (χ1n) is 14.9. The van der Waals surface area contributed by atoms with Crippen LogP contribution in [0.1, 0.15) is 148 Å². The third-order valence-corrected chi connectivity index (χ3v) is 9.92. The molecule has 3 rings (SSSR count). The van der Waals surface area contributed by atoms with Gasteiger partial charge in [-0.25, -0.2) is 0 Å². The predicted octanol–water partition coefficient (Wildman–Crippen LogP) is 10.3. The van der Waals surface area contributed by atoms with E-state index in [2.05, 4.69) is 6.92 Å². The van der Waals surface area contributed by atoms with E-state index >= 15 is 0 Å². The van der Waals surface area contributed by atoms with Gasteiger partial charge in [0, 0.05) is 0 Å². The monoisotopic (exact) mass is 434 g/mol. The molecule has 0 aromatic rings. The smallest absolute Gasteiger partial charge is 0.0897 e. The summed E-state index contributed by atoms with van der Waals surface area (Å²) in [5.74, 6) is 5.89. The van der Waals surface area contributed by atoms with Crippen molar-refractivity contribution in [2.24, 2.45) is 35.5 Å². The van der Waals surface area contributed by atoms with Crippen molar-refractivity contribution < 1.29 is 4.39 Å². The minimum atomic E-state index is -0.0954. The van der Waals surface area contributed by atoms with Crippen molar-refractivity contribution in [1.82, 2.24) is 0 Å². The number of unbranched alkanes of at least 4 members (excludes halogenated alkanes) is 7. The average molecular weight is 435 g/mol. The molecule has 0 atom stereocenters. The molecule has 0 heterocycles. The first kappa shape index (κ1) is 25.6. The Bertz CT molecular complexity index is 422. The number of rotatable bonds is 13. The molecule has 0 N–H and O–H groups in total. The third-order valence-electron chi connectivity index (χ3n) is 9.92. The standard InChI is InChI=1S/C30H55F/c1-2-3-4-5-6-7-8-9-10-25-11-15-27(16-12-25)29-19-21-30(22-20-29)28-17-13-26(14-18-28)23-24-31/h25-30H,2-24H2,1H3. The molecule has 0 amide bonds. The summed E-state index contributed by atoms with van der Waals surface area (Å²) in [4.78, 5) is 0. The highest BCUT2D eigenvalue weighted by molar-refractivity contribution is 4.85. The summed E-state index contributed by atoms with van der Waals surface area (Å²) in [5, 5.41) is 0. The Morgan fingerprint density at radius 1 is 0.452 bits per heavy atom. The van der Waals surface area contributed by atoms with Crippen LogP contribution in [0, 0.1) is 35.5 Å². The molecular weight excluding hydrogens is 379 g/mol. The van der Waals surface area contributed by atoms with Gasteiger partial charge in [0.2, 0.25) is 0 Å². The summed E-state index contributed by atoms with van der Waals surface area (Å²) in [6.45, 7) is 2.21. The summed E-state index contributed by atoms with van der Waals surface area (Å²) < 4.78 is 12.6. The normalized spacial score (nSPS) is 34.6. The number of alkyl halides is 1. The molecule has 0 aromatic carbocycles. The van der Waals surface area contributed by atoms with Crippen molar-refractivity contribution in [3.63, 3.8) is 0 Å². The maximum atomic E-state index is 12.6. The highest BCUT2D eigenvalue weighted by Crippen LogP contribution is 2.46. The minimum Gasteiger partial charge on any atom is -0.251 e. The van der Waals surface area contributed by atoms with Crippen molar-refractivity contribution in [3.05, 3.63) is 0 Å². The molecule has 3 aliphatic rings. The third kappa shape index (κ3) is 9.00. The lowest BCUT2D eigenvalue weighted by Crippen LogP contribution is -2.29. The van der Waals surface area contributed by atoms with Crippen LogP contribution < -0.4 is 0 Å². The molecule has 31 heavy (non-hydrogen) atoms. The van der Waals surface area contributed by atoms with E-state index in [9.17, 15) is 4.39 Å². The van der Waals surface area contributed by atoms with E-state index in [0.717, 1.165) is 36.0 Å². The molecule has 182 valence electrons. The van der Waals surface area contributed by atoms with Crippen LogP contribution >= 0.6 is 0 Å². The Morgan fingerprint density at radius 3 is 1.23 bits per heavy atom. The quantitative estimate of drug-likeness (QED) is 0.253. The predicted molar refractivity (Wildman–Crippen MR) is 134 cm³/mol. The van der Waals surface area contributed by atoms with Gasteiger partial charge >= 0.3 is 0 Å². The van der Waals surface area contributed by atoms with E-state index in [-0.39, 0.29) is 6.67 Å². The van der Waals surface area contributed by atoms with Crippen molar-refractivity contribution in [2.75, 3.05) is 6.67 Å². The highest BCUT2D eigenvalue weighted by atomic mass is 19.1. The first-order chi connectivity index (χ1) is 15.3. The zero-order chi connectivity index (χ0) is 21.7. The van der Waals surface area contributed by atoms with Gasteiger partial charge in [-0.15, -0.1) is 0 Å². The molecule has 0 aliphatic heterocycles. The maximum absolute atomic E-state index is 12.6. The Labute approximate surface area is 194 Å². The fourth-order valence-corrected chi connectivity index (χ4v) is 7.71. The van der Waals surface area contributed by atoms with Crippen molar-refractivity contribution in [2.45, 2.75) is 148 Å². The second-order valence-corrected chi connectivity index (χ2v) is 12.0. The van der Waals surface area contributed by atoms with Crippen LogP contribution in [0.2, 0.25) is 0 Å². The topological polar surface area (TPSA) is 0 Å². The second-order valence-electron chi connectivity index (χ2n) is 12.0. The zero-order valence-electron chi connectivity index (χ0n) is 21.1. The number of hydrogen-bond donors (Lipinski definition) is 0. The highest BCUT2D eigenvalue weighted by Gasteiger charge is 2.34. The zero-order valence-corrected chi connectivity index (χ0v) is 21.1. The fourth-order valence-electron chi connectivity index (χ4n) is 7.71. The lowest BCUT2D eigenvalue weighted by Gasteiger charge is -2.41. The molecule has 3 saturated carbocycles. The molecule has 0 aromatic heterocycles. The van der Waals surface area contributed by atoms with Gasteiger partial charge in [-0.05, 0) is 93.3 Å². The van der Waals surface area contributed by atoms with E-state index in [0.29, 0.717) is 5.92 Å². The van der Waals surface area contributed by atoms with Crippen molar-refractivity contribution >= 4 is 0 Å². The summed E-state index contributed by atoms with van der Waals surface area (Å²) in [7, 11) is 0. The molecule has 3 fully saturated rings. The summed E-state index contributed by atoms with van der Waals surface area (Å²) >= 11 is 0.